The highest BCUT2D eigenvalue weighted by Gasteiger charge is 2.40. The highest BCUT2D eigenvalue weighted by molar-refractivity contribution is 7.16. The number of aliphatic hydroxyl groups is 1. The second-order valence-corrected chi connectivity index (χ2v) is 11.4. The number of hydrogen-bond donors (Lipinski definition) is 1. The molecule has 40 heavy (non-hydrogen) atoms. The molecule has 0 spiro atoms. The second-order valence-electron chi connectivity index (χ2n) is 9.64. The third-order valence-electron chi connectivity index (χ3n) is 7.20. The summed E-state index contributed by atoms with van der Waals surface area (Å²) >= 11 is 7.48. The number of thiophene rings is 1. The van der Waals surface area contributed by atoms with Gasteiger partial charge in [-0.05, 0) is 50.2 Å². The number of carbonyl (C=O) groups excluding carboxylic acids is 1. The van der Waals surface area contributed by atoms with Crippen molar-refractivity contribution in [3.05, 3.63) is 68.6 Å². The molecule has 5 rings (SSSR count). The summed E-state index contributed by atoms with van der Waals surface area (Å²) in [6, 6.07) is 9.65. The van der Waals surface area contributed by atoms with Crippen LogP contribution in [0.5, 0.6) is 5.75 Å². The highest BCUT2D eigenvalue weighted by Crippen LogP contribution is 2.37. The Bertz CT molecular complexity index is 1540. The van der Waals surface area contributed by atoms with E-state index in [1.807, 2.05) is 13.0 Å². The first-order chi connectivity index (χ1) is 19.0. The van der Waals surface area contributed by atoms with E-state index in [4.69, 9.17) is 16.3 Å². The van der Waals surface area contributed by atoms with Gasteiger partial charge in [0.1, 0.15) is 11.3 Å². The van der Waals surface area contributed by atoms with E-state index >= 15 is 0 Å². The van der Waals surface area contributed by atoms with Crippen molar-refractivity contribution in [2.75, 3.05) is 33.4 Å². The first kappa shape index (κ1) is 28.3. The Balaban J connectivity index is 1.49. The van der Waals surface area contributed by atoms with Gasteiger partial charge in [-0.25, -0.2) is 9.50 Å². The number of piperazine rings is 1. The quantitative estimate of drug-likeness (QED) is 0.326. The van der Waals surface area contributed by atoms with E-state index in [9.17, 15) is 23.1 Å². The van der Waals surface area contributed by atoms with Crippen LogP contribution in [0.2, 0.25) is 4.34 Å². The number of benzene rings is 1. The van der Waals surface area contributed by atoms with Gasteiger partial charge in [0.2, 0.25) is 0 Å². The molecule has 1 fully saturated rings. The van der Waals surface area contributed by atoms with Gasteiger partial charge in [0.05, 0.1) is 36.0 Å². The number of alkyl halides is 3. The summed E-state index contributed by atoms with van der Waals surface area (Å²) in [4.78, 5) is 22.9. The fourth-order valence-corrected chi connectivity index (χ4v) is 6.39. The van der Waals surface area contributed by atoms with E-state index in [1.54, 1.807) is 35.2 Å². The number of aromatic nitrogens is 3. The molecule has 13 heteroatoms. The van der Waals surface area contributed by atoms with E-state index in [0.717, 1.165) is 11.1 Å². The standard InChI is InChI=1S/C27H27ClF3N5O3S/c1-15-13-34(20(14-37)21-8-9-22(28)40-21)10-11-35(15)26(38)19-12-32-36-24(27(29,30)31)16(2)23(33-25(19)36)17-4-6-18(39-3)7-5-17/h4-9,12,15,20,37H,10-11,13-14H2,1-3H3/t15-,20?/m1/s1. The maximum Gasteiger partial charge on any atom is 0.433 e. The summed E-state index contributed by atoms with van der Waals surface area (Å²) in [6.07, 6.45) is -3.58. The van der Waals surface area contributed by atoms with Gasteiger partial charge in [-0.15, -0.1) is 11.3 Å². The molecule has 1 N–H and O–H groups in total. The maximum absolute atomic E-state index is 14.3. The van der Waals surface area contributed by atoms with Crippen molar-refractivity contribution in [2.24, 2.45) is 0 Å². The van der Waals surface area contributed by atoms with Gasteiger partial charge in [0.15, 0.2) is 11.3 Å². The van der Waals surface area contributed by atoms with Crippen LogP contribution in [0.4, 0.5) is 13.2 Å². The molecule has 212 valence electrons. The van der Waals surface area contributed by atoms with Crippen LogP contribution in [0.3, 0.4) is 0 Å². The van der Waals surface area contributed by atoms with Crippen molar-refractivity contribution in [1.82, 2.24) is 24.4 Å². The first-order valence-electron chi connectivity index (χ1n) is 12.5. The number of ether oxygens (including phenoxy) is 1. The van der Waals surface area contributed by atoms with Crippen molar-refractivity contribution >= 4 is 34.5 Å². The van der Waals surface area contributed by atoms with Crippen molar-refractivity contribution in [2.45, 2.75) is 32.1 Å². The predicted octanol–water partition coefficient (Wildman–Crippen LogP) is 5.33. The lowest BCUT2D eigenvalue weighted by atomic mass is 10.0. The Morgan fingerprint density at radius 3 is 2.52 bits per heavy atom. The predicted molar refractivity (Wildman–Crippen MR) is 146 cm³/mol. The lowest BCUT2D eigenvalue weighted by Crippen LogP contribution is -2.55. The smallest absolute Gasteiger partial charge is 0.433 e. The fraction of sp³-hybridized carbons (Fsp3) is 0.370. The van der Waals surface area contributed by atoms with Crippen LogP contribution in [0.15, 0.2) is 42.6 Å². The summed E-state index contributed by atoms with van der Waals surface area (Å²) in [5.41, 5.74) is -0.695. The Labute approximate surface area is 237 Å². The van der Waals surface area contributed by atoms with Gasteiger partial charge in [0.25, 0.3) is 5.91 Å². The van der Waals surface area contributed by atoms with E-state index < -0.39 is 17.8 Å². The van der Waals surface area contributed by atoms with Gasteiger partial charge in [0, 0.05) is 41.7 Å². The molecule has 0 radical (unpaired) electrons. The summed E-state index contributed by atoms with van der Waals surface area (Å²) in [5, 5.41) is 14.0. The lowest BCUT2D eigenvalue weighted by molar-refractivity contribution is -0.143. The largest absolute Gasteiger partial charge is 0.497 e. The summed E-state index contributed by atoms with van der Waals surface area (Å²) in [5.74, 6) is 0.101. The molecule has 1 saturated heterocycles. The Morgan fingerprint density at radius 2 is 1.95 bits per heavy atom. The van der Waals surface area contributed by atoms with Crippen molar-refractivity contribution in [3.63, 3.8) is 0 Å². The van der Waals surface area contributed by atoms with Crippen LogP contribution >= 0.6 is 22.9 Å². The zero-order valence-electron chi connectivity index (χ0n) is 21.9. The summed E-state index contributed by atoms with van der Waals surface area (Å²) in [7, 11) is 1.50. The topological polar surface area (TPSA) is 83.2 Å². The molecule has 0 bridgehead atoms. The van der Waals surface area contributed by atoms with Crippen molar-refractivity contribution in [3.8, 4) is 17.0 Å². The van der Waals surface area contributed by atoms with E-state index in [0.29, 0.717) is 39.8 Å². The molecule has 1 aliphatic heterocycles. The van der Waals surface area contributed by atoms with E-state index in [-0.39, 0.29) is 41.2 Å². The van der Waals surface area contributed by atoms with Gasteiger partial charge >= 0.3 is 6.18 Å². The Kier molecular flexibility index (Phi) is 7.79. The molecule has 1 aromatic carbocycles. The van der Waals surface area contributed by atoms with Gasteiger partial charge < -0.3 is 14.7 Å². The molecule has 3 aromatic heterocycles. The number of methoxy groups -OCH3 is 1. The number of halogens is 4. The molecule has 1 unspecified atom stereocenters. The fourth-order valence-electron chi connectivity index (χ4n) is 5.21. The van der Waals surface area contributed by atoms with Crippen LogP contribution in [-0.2, 0) is 6.18 Å². The Hall–Kier alpha value is -3.19. The Morgan fingerprint density at radius 1 is 1.23 bits per heavy atom. The molecule has 0 saturated carbocycles. The first-order valence-corrected chi connectivity index (χ1v) is 13.7. The molecule has 1 aliphatic rings. The highest BCUT2D eigenvalue weighted by atomic mass is 35.5. The monoisotopic (exact) mass is 593 g/mol. The normalized spacial score (nSPS) is 17.4. The molecule has 2 atom stereocenters. The summed E-state index contributed by atoms with van der Waals surface area (Å²) in [6.45, 7) is 4.35. The minimum absolute atomic E-state index is 0.00990. The molecular formula is C27H27ClF3N5O3S. The number of rotatable bonds is 6. The molecule has 4 heterocycles. The van der Waals surface area contributed by atoms with E-state index in [1.165, 1.54) is 25.4 Å². The van der Waals surface area contributed by atoms with Crippen LogP contribution in [0.1, 0.15) is 39.5 Å². The molecular weight excluding hydrogens is 567 g/mol. The third kappa shape index (κ3) is 5.16. The summed E-state index contributed by atoms with van der Waals surface area (Å²) < 4.78 is 49.3. The maximum atomic E-state index is 14.3. The zero-order chi connectivity index (χ0) is 28.8. The number of hydrogen-bond acceptors (Lipinski definition) is 7. The van der Waals surface area contributed by atoms with Gasteiger partial charge in [-0.2, -0.15) is 18.3 Å². The van der Waals surface area contributed by atoms with Gasteiger partial charge in [-0.3, -0.25) is 9.69 Å². The number of amides is 1. The van der Waals surface area contributed by atoms with Crippen molar-refractivity contribution in [1.29, 1.82) is 0 Å². The average molecular weight is 594 g/mol. The van der Waals surface area contributed by atoms with Crippen LogP contribution in [0.25, 0.3) is 16.9 Å². The van der Waals surface area contributed by atoms with Crippen LogP contribution < -0.4 is 4.74 Å². The van der Waals surface area contributed by atoms with Crippen molar-refractivity contribution < 1.29 is 27.8 Å². The van der Waals surface area contributed by atoms with Crippen LogP contribution in [0, 0.1) is 6.92 Å². The van der Waals surface area contributed by atoms with Crippen LogP contribution in [-0.4, -0.2) is 74.8 Å². The van der Waals surface area contributed by atoms with Gasteiger partial charge in [-0.1, -0.05) is 11.6 Å². The molecule has 0 aliphatic carbocycles. The number of fused-ring (bicyclic) bond motifs is 1. The molecule has 8 nitrogen and oxygen atoms in total. The minimum atomic E-state index is -4.73. The third-order valence-corrected chi connectivity index (χ3v) is 8.53. The van der Waals surface area contributed by atoms with E-state index in [2.05, 4.69) is 15.0 Å². The molecule has 1 amide bonds. The number of aliphatic hydroxyl groups excluding tert-OH is 1. The average Bonchev–Trinajstić information content (AvgIpc) is 3.53. The number of nitrogens with zero attached hydrogens (tertiary/aromatic N) is 5. The lowest BCUT2D eigenvalue weighted by Gasteiger charge is -2.42. The minimum Gasteiger partial charge on any atom is -0.497 e. The zero-order valence-corrected chi connectivity index (χ0v) is 23.5. The number of carbonyl (C=O) groups is 1. The molecule has 4 aromatic rings. The SMILES string of the molecule is COc1ccc(-c2nc3c(C(=O)N4CCN(C(CO)c5ccc(Cl)s5)C[C@H]4C)cnn3c(C(F)(F)F)c2C)cc1. The second kappa shape index (κ2) is 11.0.